The Balaban J connectivity index is 0.000000257. The smallest absolute Gasteiger partial charge is 0.294 e. The second-order valence-corrected chi connectivity index (χ2v) is 7.31. The highest BCUT2D eigenvalue weighted by Crippen LogP contribution is 2.08. The van der Waals surface area contributed by atoms with Gasteiger partial charge in [-0.1, -0.05) is 17.7 Å². The summed E-state index contributed by atoms with van der Waals surface area (Å²) in [5, 5.41) is 4.82. The quantitative estimate of drug-likeness (QED) is 0.390. The molecule has 0 aromatic heterocycles. The van der Waals surface area contributed by atoms with Crippen molar-refractivity contribution in [2.75, 3.05) is 26.2 Å². The van der Waals surface area contributed by atoms with Crippen molar-refractivity contribution in [3.63, 3.8) is 0 Å². The van der Waals surface area contributed by atoms with Crippen LogP contribution in [-0.2, 0) is 14.9 Å². The minimum Gasteiger partial charge on any atom is -0.379 e. The number of nitrogens with one attached hydrogen (secondary N) is 1. The van der Waals surface area contributed by atoms with E-state index in [0.717, 1.165) is 44.2 Å². The van der Waals surface area contributed by atoms with Crippen molar-refractivity contribution in [1.82, 2.24) is 10.3 Å². The third-order valence-electron chi connectivity index (χ3n) is 3.25. The van der Waals surface area contributed by atoms with Gasteiger partial charge in [0, 0.05) is 13.2 Å². The predicted molar refractivity (Wildman–Crippen MR) is 97.9 cm³/mol. The zero-order chi connectivity index (χ0) is 18.9. The number of aliphatic imine (C=N–C) groups is 1. The van der Waals surface area contributed by atoms with Crippen LogP contribution in [0.3, 0.4) is 0 Å². The standard InChI is InChI=1S/C9H20N4O.C7H8O3S/c1-8(2)14-7-3-4-11-9-12-5-6-13(9)10;1-6-2-4-7(5-3-6)11(8,9)10/h8H,3-7,10H2,1-2H3,(H,11,12);2-5H,1H3,(H,8,9,10). The molecule has 0 aliphatic carbocycles. The van der Waals surface area contributed by atoms with Crippen molar-refractivity contribution < 1.29 is 17.7 Å². The van der Waals surface area contributed by atoms with E-state index < -0.39 is 10.1 Å². The van der Waals surface area contributed by atoms with Crippen molar-refractivity contribution in [1.29, 1.82) is 0 Å². The summed E-state index contributed by atoms with van der Waals surface area (Å²) in [6.07, 6.45) is 1.29. The summed E-state index contributed by atoms with van der Waals surface area (Å²) < 4.78 is 35.0. The zero-order valence-corrected chi connectivity index (χ0v) is 15.8. The Morgan fingerprint density at radius 2 is 2.00 bits per heavy atom. The van der Waals surface area contributed by atoms with Crippen LogP contribution in [0.25, 0.3) is 0 Å². The molecule has 1 heterocycles. The van der Waals surface area contributed by atoms with Crippen molar-refractivity contribution in [3.05, 3.63) is 29.8 Å². The van der Waals surface area contributed by atoms with Gasteiger partial charge in [0.25, 0.3) is 10.1 Å². The molecule has 25 heavy (non-hydrogen) atoms. The lowest BCUT2D eigenvalue weighted by molar-refractivity contribution is 0.0776. The molecule has 9 heteroatoms. The minimum atomic E-state index is -4.02. The van der Waals surface area contributed by atoms with E-state index in [9.17, 15) is 8.42 Å². The molecule has 0 saturated carbocycles. The van der Waals surface area contributed by atoms with E-state index in [0.29, 0.717) is 6.10 Å². The van der Waals surface area contributed by atoms with E-state index in [1.54, 1.807) is 17.1 Å². The Morgan fingerprint density at radius 3 is 2.48 bits per heavy atom. The van der Waals surface area contributed by atoms with Crippen molar-refractivity contribution in [3.8, 4) is 0 Å². The number of hydrogen-bond acceptors (Lipinski definition) is 7. The lowest BCUT2D eigenvalue weighted by Gasteiger charge is -2.14. The number of nitrogens with two attached hydrogens (primary N) is 1. The molecular weight excluding hydrogens is 344 g/mol. The molecular formula is C16H28N4O4S. The number of guanidine groups is 1. The largest absolute Gasteiger partial charge is 0.379 e. The van der Waals surface area contributed by atoms with Gasteiger partial charge >= 0.3 is 0 Å². The highest BCUT2D eigenvalue weighted by Gasteiger charge is 2.11. The van der Waals surface area contributed by atoms with E-state index in [4.69, 9.17) is 15.1 Å². The van der Waals surface area contributed by atoms with Crippen molar-refractivity contribution in [2.24, 2.45) is 10.8 Å². The van der Waals surface area contributed by atoms with Crippen LogP contribution in [0.4, 0.5) is 0 Å². The molecule has 0 unspecified atom stereocenters. The van der Waals surface area contributed by atoms with Crippen LogP contribution in [0.5, 0.6) is 0 Å². The van der Waals surface area contributed by atoms with Crippen LogP contribution in [0, 0.1) is 6.92 Å². The SMILES string of the molecule is CC(C)OCCCNC1=NCCN1N.Cc1ccc(S(=O)(=O)O)cc1. The van der Waals surface area contributed by atoms with Crippen LogP contribution in [0.1, 0.15) is 25.8 Å². The first-order valence-electron chi connectivity index (χ1n) is 8.16. The molecule has 1 aromatic rings. The zero-order valence-electron chi connectivity index (χ0n) is 15.0. The first-order chi connectivity index (χ1) is 11.7. The summed E-state index contributed by atoms with van der Waals surface area (Å²) in [7, 11) is -4.02. The summed E-state index contributed by atoms with van der Waals surface area (Å²) in [5.74, 6) is 6.45. The highest BCUT2D eigenvalue weighted by molar-refractivity contribution is 7.85. The fraction of sp³-hybridized carbons (Fsp3) is 0.562. The van der Waals surface area contributed by atoms with Gasteiger partial charge in [-0.15, -0.1) is 0 Å². The second-order valence-electron chi connectivity index (χ2n) is 5.89. The minimum absolute atomic E-state index is 0.0666. The molecule has 142 valence electrons. The first kappa shape index (κ1) is 21.4. The fourth-order valence-electron chi connectivity index (χ4n) is 1.92. The summed E-state index contributed by atoms with van der Waals surface area (Å²) in [6, 6.07) is 5.99. The number of rotatable bonds is 6. The molecule has 0 amide bonds. The van der Waals surface area contributed by atoms with E-state index in [1.807, 2.05) is 20.8 Å². The third-order valence-corrected chi connectivity index (χ3v) is 4.12. The van der Waals surface area contributed by atoms with Gasteiger partial charge in [-0.2, -0.15) is 8.42 Å². The molecule has 2 rings (SSSR count). The molecule has 0 radical (unpaired) electrons. The number of hydrogen-bond donors (Lipinski definition) is 3. The molecule has 1 aromatic carbocycles. The Kier molecular flexibility index (Phi) is 8.84. The van der Waals surface area contributed by atoms with Crippen LogP contribution < -0.4 is 11.2 Å². The number of hydrazine groups is 1. The number of benzene rings is 1. The molecule has 4 N–H and O–H groups in total. The molecule has 0 bridgehead atoms. The van der Waals surface area contributed by atoms with Crippen LogP contribution >= 0.6 is 0 Å². The van der Waals surface area contributed by atoms with Gasteiger partial charge < -0.3 is 10.1 Å². The fourth-order valence-corrected chi connectivity index (χ4v) is 2.40. The summed E-state index contributed by atoms with van der Waals surface area (Å²) in [6.45, 7) is 9.16. The Hall–Kier alpha value is -1.68. The lowest BCUT2D eigenvalue weighted by atomic mass is 10.2. The maximum Gasteiger partial charge on any atom is 0.294 e. The molecule has 0 saturated heterocycles. The molecule has 0 atom stereocenters. The predicted octanol–water partition coefficient (Wildman–Crippen LogP) is 1.18. The van der Waals surface area contributed by atoms with Crippen LogP contribution in [0.15, 0.2) is 34.2 Å². The van der Waals surface area contributed by atoms with Gasteiger partial charge in [0.15, 0.2) is 0 Å². The van der Waals surface area contributed by atoms with E-state index in [2.05, 4.69) is 10.3 Å². The van der Waals surface area contributed by atoms with Crippen molar-refractivity contribution in [2.45, 2.75) is 38.2 Å². The van der Waals surface area contributed by atoms with E-state index in [1.165, 1.54) is 12.1 Å². The molecule has 0 fully saturated rings. The van der Waals surface area contributed by atoms with E-state index >= 15 is 0 Å². The maximum absolute atomic E-state index is 10.5. The van der Waals surface area contributed by atoms with Gasteiger partial charge in [-0.25, -0.2) is 5.84 Å². The number of aryl methyl sites for hydroxylation is 1. The number of ether oxygens (including phenoxy) is 1. The normalized spacial score (nSPS) is 14.2. The van der Waals surface area contributed by atoms with E-state index in [-0.39, 0.29) is 4.90 Å². The number of nitrogens with zero attached hydrogens (tertiary/aromatic N) is 2. The second kappa shape index (κ2) is 10.3. The molecule has 0 spiro atoms. The lowest BCUT2D eigenvalue weighted by Crippen LogP contribution is -2.43. The van der Waals surface area contributed by atoms with Gasteiger partial charge in [0.05, 0.1) is 24.1 Å². The monoisotopic (exact) mass is 372 g/mol. The summed E-state index contributed by atoms with van der Waals surface area (Å²) in [4.78, 5) is 4.15. The van der Waals surface area contributed by atoms with Gasteiger partial charge in [0.1, 0.15) is 0 Å². The average molecular weight is 372 g/mol. The Bertz CT molecular complexity index is 645. The van der Waals surface area contributed by atoms with Gasteiger partial charge in [0.2, 0.25) is 5.96 Å². The first-order valence-corrected chi connectivity index (χ1v) is 9.60. The molecule has 8 nitrogen and oxygen atoms in total. The molecule has 1 aliphatic rings. The van der Waals surface area contributed by atoms with Crippen molar-refractivity contribution >= 4 is 16.1 Å². The summed E-state index contributed by atoms with van der Waals surface area (Å²) in [5.41, 5.74) is 0.956. The third kappa shape index (κ3) is 8.82. The van der Waals surface area contributed by atoms with Gasteiger partial charge in [-0.05, 0) is 39.3 Å². The van der Waals surface area contributed by atoms with Crippen LogP contribution in [0.2, 0.25) is 0 Å². The van der Waals surface area contributed by atoms with Gasteiger partial charge in [-0.3, -0.25) is 14.6 Å². The summed E-state index contributed by atoms with van der Waals surface area (Å²) >= 11 is 0. The Labute approximate surface area is 149 Å². The topological polar surface area (TPSA) is 117 Å². The molecule has 1 aliphatic heterocycles. The highest BCUT2D eigenvalue weighted by atomic mass is 32.2. The average Bonchev–Trinajstić information content (AvgIpc) is 2.92. The maximum atomic E-state index is 10.5. The Morgan fingerprint density at radius 1 is 1.36 bits per heavy atom. The van der Waals surface area contributed by atoms with Crippen LogP contribution in [-0.4, -0.2) is 56.3 Å².